The third-order valence-electron chi connectivity index (χ3n) is 12.9. The molecule has 13 aromatic rings. The van der Waals surface area contributed by atoms with Crippen LogP contribution in [0, 0.1) is 0 Å². The van der Waals surface area contributed by atoms with Crippen molar-refractivity contribution in [3.63, 3.8) is 0 Å². The minimum atomic E-state index is 0.903. The van der Waals surface area contributed by atoms with E-state index >= 15 is 0 Å². The number of hydrogen-bond donors (Lipinski definition) is 0. The van der Waals surface area contributed by atoms with E-state index in [4.69, 9.17) is 4.42 Å². The number of rotatable bonds is 6. The van der Waals surface area contributed by atoms with Crippen molar-refractivity contribution in [3.8, 4) is 55.9 Å². The van der Waals surface area contributed by atoms with E-state index in [0.29, 0.717) is 0 Å². The lowest BCUT2D eigenvalue weighted by Crippen LogP contribution is -1.98. The molecule has 10 aromatic carbocycles. The summed E-state index contributed by atoms with van der Waals surface area (Å²) >= 11 is 0. The van der Waals surface area contributed by atoms with E-state index in [-0.39, 0.29) is 0 Å². The SMILES string of the molecule is c1ccc(-c2cc(-c3ccc4oc5ccccc5c4c3)ccc2-n2c3ccccc3c3cc(-c4ccc5c(c4)c4c(-c6ccccc6)cccc4n5-c4ccccc4)ccc32)cc1. The summed E-state index contributed by atoms with van der Waals surface area (Å²) in [5.41, 5.74) is 18.3. The number of hydrogen-bond acceptors (Lipinski definition) is 1. The van der Waals surface area contributed by atoms with Crippen LogP contribution in [0.2, 0.25) is 0 Å². The van der Waals surface area contributed by atoms with E-state index in [9.17, 15) is 0 Å². The van der Waals surface area contributed by atoms with Gasteiger partial charge in [0.1, 0.15) is 11.2 Å². The van der Waals surface area contributed by atoms with Crippen LogP contribution in [0.15, 0.2) is 235 Å². The van der Waals surface area contributed by atoms with Crippen LogP contribution in [0.1, 0.15) is 0 Å². The van der Waals surface area contributed by atoms with E-state index in [1.165, 1.54) is 77.0 Å². The van der Waals surface area contributed by atoms with Crippen molar-refractivity contribution in [2.24, 2.45) is 0 Å². The summed E-state index contributed by atoms with van der Waals surface area (Å²) in [6.45, 7) is 0. The maximum atomic E-state index is 6.19. The van der Waals surface area contributed by atoms with E-state index in [1.807, 2.05) is 12.1 Å². The Morgan fingerprint density at radius 2 is 0.794 bits per heavy atom. The maximum Gasteiger partial charge on any atom is 0.135 e. The molecule has 294 valence electrons. The third-order valence-corrected chi connectivity index (χ3v) is 12.9. The normalized spacial score (nSPS) is 11.8. The zero-order chi connectivity index (χ0) is 41.4. The van der Waals surface area contributed by atoms with Gasteiger partial charge in [0, 0.05) is 43.6 Å². The van der Waals surface area contributed by atoms with E-state index < -0.39 is 0 Å². The molecule has 0 atom stereocenters. The molecular formula is C60H38N2O. The fraction of sp³-hybridized carbons (Fsp3) is 0. The lowest BCUT2D eigenvalue weighted by atomic mass is 9.96. The summed E-state index contributed by atoms with van der Waals surface area (Å²) < 4.78 is 11.1. The Morgan fingerprint density at radius 1 is 0.270 bits per heavy atom. The standard InChI is InChI=1S/C60H38N2O/c1-4-15-39(16-5-1)46-23-14-25-57-60(46)52-38-43(29-33-56(52)61(57)45-19-8-3-9-20-45)42-28-32-55-50(36-42)47-21-10-12-24-53(47)62(55)54-31-27-41(35-49(54)40-17-6-2-7-18-40)44-30-34-59-51(37-44)48-22-11-13-26-58(48)63-59/h1-38H. The molecule has 0 unspecified atom stereocenters. The van der Waals surface area contributed by atoms with Gasteiger partial charge in [-0.15, -0.1) is 0 Å². The van der Waals surface area contributed by atoms with Crippen LogP contribution >= 0.6 is 0 Å². The van der Waals surface area contributed by atoms with Crippen LogP contribution in [0.3, 0.4) is 0 Å². The van der Waals surface area contributed by atoms with Gasteiger partial charge >= 0.3 is 0 Å². The molecule has 0 radical (unpaired) electrons. The monoisotopic (exact) mass is 802 g/mol. The van der Waals surface area contributed by atoms with Crippen molar-refractivity contribution in [1.82, 2.24) is 9.13 Å². The molecule has 0 saturated heterocycles. The zero-order valence-corrected chi connectivity index (χ0v) is 34.2. The molecular weight excluding hydrogens is 765 g/mol. The van der Waals surface area contributed by atoms with E-state index in [2.05, 4.69) is 228 Å². The first kappa shape index (κ1) is 35.4. The predicted molar refractivity (Wildman–Crippen MR) is 264 cm³/mol. The number of fused-ring (bicyclic) bond motifs is 9. The molecule has 3 heterocycles. The summed E-state index contributed by atoms with van der Waals surface area (Å²) in [7, 11) is 0. The van der Waals surface area contributed by atoms with Crippen LogP contribution in [0.25, 0.3) is 121 Å². The van der Waals surface area contributed by atoms with Crippen LogP contribution in [0.4, 0.5) is 0 Å². The van der Waals surface area contributed by atoms with Gasteiger partial charge in [-0.3, -0.25) is 0 Å². The molecule has 0 N–H and O–H groups in total. The van der Waals surface area contributed by atoms with Crippen molar-refractivity contribution >= 4 is 65.6 Å². The molecule has 0 aliphatic heterocycles. The summed E-state index contributed by atoms with van der Waals surface area (Å²) in [4.78, 5) is 0. The molecule has 0 bridgehead atoms. The molecule has 0 aliphatic carbocycles. The van der Waals surface area contributed by atoms with Crippen molar-refractivity contribution < 1.29 is 4.42 Å². The molecule has 63 heavy (non-hydrogen) atoms. The summed E-state index contributed by atoms with van der Waals surface area (Å²) in [6, 6.07) is 83.6. The number of para-hydroxylation sites is 3. The van der Waals surface area contributed by atoms with Gasteiger partial charge in [-0.2, -0.15) is 0 Å². The fourth-order valence-electron chi connectivity index (χ4n) is 10.0. The van der Waals surface area contributed by atoms with Crippen molar-refractivity contribution in [3.05, 3.63) is 231 Å². The van der Waals surface area contributed by atoms with Crippen LogP contribution < -0.4 is 0 Å². The Kier molecular flexibility index (Phi) is 7.91. The third kappa shape index (κ3) is 5.60. The van der Waals surface area contributed by atoms with Gasteiger partial charge < -0.3 is 13.6 Å². The number of aromatic nitrogens is 2. The van der Waals surface area contributed by atoms with Gasteiger partial charge in [0.05, 0.1) is 27.8 Å². The molecule has 0 spiro atoms. The minimum Gasteiger partial charge on any atom is -0.456 e. The van der Waals surface area contributed by atoms with Gasteiger partial charge in [0.25, 0.3) is 0 Å². The second kappa shape index (κ2) is 14.1. The van der Waals surface area contributed by atoms with Crippen LogP contribution in [-0.2, 0) is 0 Å². The quantitative estimate of drug-likeness (QED) is 0.164. The van der Waals surface area contributed by atoms with Gasteiger partial charge in [-0.25, -0.2) is 0 Å². The molecule has 3 nitrogen and oxygen atoms in total. The first-order valence-corrected chi connectivity index (χ1v) is 21.6. The Balaban J connectivity index is 0.996. The number of furan rings is 1. The molecule has 0 saturated carbocycles. The van der Waals surface area contributed by atoms with Crippen molar-refractivity contribution in [1.29, 1.82) is 0 Å². The topological polar surface area (TPSA) is 23.0 Å². The largest absolute Gasteiger partial charge is 0.456 e. The fourth-order valence-corrected chi connectivity index (χ4v) is 10.0. The molecule has 0 amide bonds. The lowest BCUT2D eigenvalue weighted by Gasteiger charge is -2.16. The van der Waals surface area contributed by atoms with Gasteiger partial charge in [0.15, 0.2) is 0 Å². The highest BCUT2D eigenvalue weighted by molar-refractivity contribution is 6.17. The van der Waals surface area contributed by atoms with Crippen LogP contribution in [-0.4, -0.2) is 9.13 Å². The Morgan fingerprint density at radius 3 is 1.56 bits per heavy atom. The highest BCUT2D eigenvalue weighted by atomic mass is 16.3. The van der Waals surface area contributed by atoms with Crippen molar-refractivity contribution in [2.75, 3.05) is 0 Å². The van der Waals surface area contributed by atoms with Gasteiger partial charge in [-0.1, -0.05) is 152 Å². The maximum absolute atomic E-state index is 6.19. The first-order chi connectivity index (χ1) is 31.2. The molecule has 3 aromatic heterocycles. The van der Waals surface area contributed by atoms with E-state index in [0.717, 1.165) is 44.4 Å². The average molecular weight is 803 g/mol. The van der Waals surface area contributed by atoms with Crippen molar-refractivity contribution in [2.45, 2.75) is 0 Å². The van der Waals surface area contributed by atoms with E-state index in [1.54, 1.807) is 0 Å². The molecule has 13 rings (SSSR count). The number of nitrogens with zero attached hydrogens (tertiary/aromatic N) is 2. The van der Waals surface area contributed by atoms with Gasteiger partial charge in [-0.05, 0) is 118 Å². The summed E-state index contributed by atoms with van der Waals surface area (Å²) in [5, 5.41) is 7.21. The lowest BCUT2D eigenvalue weighted by molar-refractivity contribution is 0.669. The highest BCUT2D eigenvalue weighted by Crippen LogP contribution is 2.43. The number of benzene rings is 10. The minimum absolute atomic E-state index is 0.903. The predicted octanol–water partition coefficient (Wildman–Crippen LogP) is 16.4. The smallest absolute Gasteiger partial charge is 0.135 e. The molecule has 0 aliphatic rings. The van der Waals surface area contributed by atoms with Gasteiger partial charge in [0.2, 0.25) is 0 Å². The van der Waals surface area contributed by atoms with Crippen LogP contribution in [0.5, 0.6) is 0 Å². The second-order valence-electron chi connectivity index (χ2n) is 16.5. The Labute approximate surface area is 363 Å². The zero-order valence-electron chi connectivity index (χ0n) is 34.2. The second-order valence-corrected chi connectivity index (χ2v) is 16.5. The molecule has 3 heteroatoms. The average Bonchev–Trinajstić information content (AvgIpc) is 4.01. The molecule has 0 fully saturated rings. The Hall–Kier alpha value is -8.40. The Bertz CT molecular complexity index is 3890. The summed E-state index contributed by atoms with van der Waals surface area (Å²) in [5.74, 6) is 0. The summed E-state index contributed by atoms with van der Waals surface area (Å²) in [6.07, 6.45) is 0. The highest BCUT2D eigenvalue weighted by Gasteiger charge is 2.20. The first-order valence-electron chi connectivity index (χ1n) is 21.6.